The summed E-state index contributed by atoms with van der Waals surface area (Å²) >= 11 is 0. The van der Waals surface area contributed by atoms with Crippen molar-refractivity contribution < 1.29 is 27.9 Å². The van der Waals surface area contributed by atoms with Crippen LogP contribution in [0.4, 0.5) is 18.0 Å². The van der Waals surface area contributed by atoms with E-state index < -0.39 is 42.7 Å². The fraction of sp³-hybridized carbons (Fsp3) is 0.818. The first kappa shape index (κ1) is 17.5. The smallest absolute Gasteiger partial charge is 0.406 e. The first-order chi connectivity index (χ1) is 8.45. The van der Waals surface area contributed by atoms with E-state index in [4.69, 9.17) is 5.11 Å². The second kappa shape index (κ2) is 6.63. The van der Waals surface area contributed by atoms with Crippen molar-refractivity contribution in [3.63, 3.8) is 0 Å². The first-order valence-electron chi connectivity index (χ1n) is 5.82. The molecule has 0 spiro atoms. The third-order valence-corrected chi connectivity index (χ3v) is 2.45. The Balaban J connectivity index is 4.87. The van der Waals surface area contributed by atoms with Gasteiger partial charge in [0, 0.05) is 6.04 Å². The van der Waals surface area contributed by atoms with E-state index in [-0.39, 0.29) is 0 Å². The van der Waals surface area contributed by atoms with Gasteiger partial charge in [0.2, 0.25) is 0 Å². The van der Waals surface area contributed by atoms with Crippen molar-refractivity contribution in [1.29, 1.82) is 0 Å². The maximum Gasteiger partial charge on any atom is 0.406 e. The van der Waals surface area contributed by atoms with E-state index >= 15 is 0 Å². The normalized spacial score (nSPS) is 13.5. The zero-order valence-electron chi connectivity index (χ0n) is 11.3. The van der Waals surface area contributed by atoms with Crippen LogP contribution in [0, 0.1) is 5.92 Å². The number of carbonyl (C=O) groups excluding carboxylic acids is 1. The van der Waals surface area contributed by atoms with E-state index in [1.807, 2.05) is 0 Å². The number of hydrogen-bond donors (Lipinski definition) is 2. The molecule has 0 saturated carbocycles. The lowest BCUT2D eigenvalue weighted by Crippen LogP contribution is -2.54. The van der Waals surface area contributed by atoms with E-state index in [1.165, 1.54) is 13.8 Å². The number of nitrogens with one attached hydrogen (secondary N) is 1. The van der Waals surface area contributed by atoms with Gasteiger partial charge in [0.15, 0.2) is 0 Å². The van der Waals surface area contributed by atoms with Crippen molar-refractivity contribution in [3.05, 3.63) is 0 Å². The van der Waals surface area contributed by atoms with Gasteiger partial charge in [0.05, 0.1) is 0 Å². The molecule has 0 aliphatic rings. The number of halogens is 3. The van der Waals surface area contributed by atoms with Crippen LogP contribution in [0.25, 0.3) is 0 Å². The molecule has 2 amide bonds. The lowest BCUT2D eigenvalue weighted by molar-refractivity contribution is -0.143. The molecule has 1 unspecified atom stereocenters. The van der Waals surface area contributed by atoms with Crippen LogP contribution in [0.5, 0.6) is 0 Å². The topological polar surface area (TPSA) is 69.6 Å². The Morgan fingerprint density at radius 2 is 1.68 bits per heavy atom. The molecular formula is C11H19F3N2O3. The summed E-state index contributed by atoms with van der Waals surface area (Å²) in [6.45, 7) is 4.55. The van der Waals surface area contributed by atoms with Crippen molar-refractivity contribution in [2.45, 2.75) is 46.0 Å². The highest BCUT2D eigenvalue weighted by atomic mass is 19.4. The summed E-state index contributed by atoms with van der Waals surface area (Å²) in [6.07, 6.45) is -4.53. The van der Waals surface area contributed by atoms with Crippen molar-refractivity contribution in [2.75, 3.05) is 6.54 Å². The molecule has 19 heavy (non-hydrogen) atoms. The highest BCUT2D eigenvalue weighted by molar-refractivity contribution is 5.82. The van der Waals surface area contributed by atoms with Crippen LogP contribution in [0.1, 0.15) is 27.7 Å². The van der Waals surface area contributed by atoms with E-state index in [0.717, 1.165) is 0 Å². The fourth-order valence-corrected chi connectivity index (χ4v) is 1.41. The van der Waals surface area contributed by atoms with Gasteiger partial charge in [0.25, 0.3) is 0 Å². The highest BCUT2D eigenvalue weighted by Crippen LogP contribution is 2.18. The van der Waals surface area contributed by atoms with Gasteiger partial charge in [-0.25, -0.2) is 9.59 Å². The van der Waals surface area contributed by atoms with E-state index in [1.54, 1.807) is 13.8 Å². The van der Waals surface area contributed by atoms with Gasteiger partial charge in [-0.2, -0.15) is 13.2 Å². The number of nitrogens with zero attached hydrogens (tertiary/aromatic N) is 1. The molecule has 0 rings (SSSR count). The average molecular weight is 284 g/mol. The third kappa shape index (κ3) is 6.30. The summed E-state index contributed by atoms with van der Waals surface area (Å²) < 4.78 is 37.0. The Bertz CT molecular complexity index is 330. The van der Waals surface area contributed by atoms with Crippen LogP contribution in [-0.4, -0.2) is 46.8 Å². The molecule has 0 radical (unpaired) electrons. The number of urea groups is 1. The largest absolute Gasteiger partial charge is 0.480 e. The lowest BCUT2D eigenvalue weighted by Gasteiger charge is -2.30. The minimum atomic E-state index is -4.53. The van der Waals surface area contributed by atoms with Crippen molar-refractivity contribution in [1.82, 2.24) is 10.2 Å². The van der Waals surface area contributed by atoms with Gasteiger partial charge in [-0.05, 0) is 19.8 Å². The van der Waals surface area contributed by atoms with Gasteiger partial charge in [0.1, 0.15) is 12.6 Å². The molecule has 0 aromatic rings. The lowest BCUT2D eigenvalue weighted by atomic mass is 10.1. The predicted molar refractivity (Wildman–Crippen MR) is 62.7 cm³/mol. The molecule has 0 aromatic carbocycles. The summed E-state index contributed by atoms with van der Waals surface area (Å²) in [5.41, 5.74) is 0. The standard InChI is InChI=1S/C11H19F3N2O3/c1-6(2)8(9(17)18)15-10(19)16(7(3)4)5-11(12,13)14/h6-8H,5H2,1-4H3,(H,15,19)(H,17,18). The molecule has 0 bridgehead atoms. The Labute approximate surface area is 109 Å². The second-order valence-electron chi connectivity index (χ2n) is 4.85. The number of aliphatic carboxylic acids is 1. The van der Waals surface area contributed by atoms with E-state index in [2.05, 4.69) is 5.32 Å². The zero-order valence-corrected chi connectivity index (χ0v) is 11.3. The van der Waals surface area contributed by atoms with Crippen LogP contribution in [-0.2, 0) is 4.79 Å². The Morgan fingerprint density at radius 1 is 1.21 bits per heavy atom. The monoisotopic (exact) mass is 284 g/mol. The van der Waals surface area contributed by atoms with Crippen LogP contribution < -0.4 is 5.32 Å². The molecule has 0 aromatic heterocycles. The number of hydrogen-bond acceptors (Lipinski definition) is 2. The van der Waals surface area contributed by atoms with Gasteiger partial charge < -0.3 is 15.3 Å². The molecule has 0 saturated heterocycles. The van der Waals surface area contributed by atoms with Gasteiger partial charge in [-0.15, -0.1) is 0 Å². The van der Waals surface area contributed by atoms with Gasteiger partial charge >= 0.3 is 18.2 Å². The highest BCUT2D eigenvalue weighted by Gasteiger charge is 2.35. The molecule has 2 N–H and O–H groups in total. The summed E-state index contributed by atoms with van der Waals surface area (Å²) in [7, 11) is 0. The van der Waals surface area contributed by atoms with Gasteiger partial charge in [-0.3, -0.25) is 0 Å². The van der Waals surface area contributed by atoms with Crippen molar-refractivity contribution in [3.8, 4) is 0 Å². The number of carboxylic acids is 1. The maximum absolute atomic E-state index is 12.3. The molecule has 0 heterocycles. The molecule has 5 nitrogen and oxygen atoms in total. The van der Waals surface area contributed by atoms with Crippen molar-refractivity contribution >= 4 is 12.0 Å². The Hall–Kier alpha value is -1.47. The van der Waals surface area contributed by atoms with Crippen molar-refractivity contribution in [2.24, 2.45) is 5.92 Å². The first-order valence-corrected chi connectivity index (χ1v) is 5.82. The molecule has 112 valence electrons. The molecule has 0 fully saturated rings. The van der Waals surface area contributed by atoms with Crippen LogP contribution in [0.2, 0.25) is 0 Å². The molecular weight excluding hydrogens is 265 g/mol. The van der Waals surface area contributed by atoms with Crippen LogP contribution in [0.3, 0.4) is 0 Å². The summed E-state index contributed by atoms with van der Waals surface area (Å²) in [6, 6.07) is -2.95. The van der Waals surface area contributed by atoms with Crippen LogP contribution >= 0.6 is 0 Å². The molecule has 1 atom stereocenters. The predicted octanol–water partition coefficient (Wildman–Crippen LogP) is 2.08. The summed E-state index contributed by atoms with van der Waals surface area (Å²) in [4.78, 5) is 23.2. The number of alkyl halides is 3. The van der Waals surface area contributed by atoms with E-state index in [0.29, 0.717) is 4.90 Å². The van der Waals surface area contributed by atoms with Crippen LogP contribution in [0.15, 0.2) is 0 Å². The second-order valence-corrected chi connectivity index (χ2v) is 4.85. The Kier molecular flexibility index (Phi) is 6.11. The molecule has 0 aliphatic carbocycles. The average Bonchev–Trinajstić information content (AvgIpc) is 2.19. The number of rotatable bonds is 5. The van der Waals surface area contributed by atoms with E-state index in [9.17, 15) is 22.8 Å². The minimum Gasteiger partial charge on any atom is -0.480 e. The minimum absolute atomic E-state index is 0.429. The number of amides is 2. The SMILES string of the molecule is CC(C)C(NC(=O)N(CC(F)(F)F)C(C)C)C(=O)O. The third-order valence-electron chi connectivity index (χ3n) is 2.45. The fourth-order valence-electron chi connectivity index (χ4n) is 1.41. The Morgan fingerprint density at radius 3 is 1.95 bits per heavy atom. The maximum atomic E-state index is 12.3. The molecule has 8 heteroatoms. The summed E-state index contributed by atoms with van der Waals surface area (Å²) in [5, 5.41) is 11.0. The quantitative estimate of drug-likeness (QED) is 0.812. The number of carbonyl (C=O) groups is 2. The molecule has 0 aliphatic heterocycles. The summed E-state index contributed by atoms with van der Waals surface area (Å²) in [5.74, 6) is -1.71. The zero-order chi connectivity index (χ0) is 15.4. The van der Waals surface area contributed by atoms with Gasteiger partial charge in [-0.1, -0.05) is 13.8 Å². The number of carboxylic acid groups (broad SMARTS) is 1.